The third-order valence-electron chi connectivity index (χ3n) is 10.7. The van der Waals surface area contributed by atoms with Crippen molar-refractivity contribution in [2.45, 2.75) is 72.5 Å². The van der Waals surface area contributed by atoms with Crippen molar-refractivity contribution in [3.8, 4) is 5.75 Å². The van der Waals surface area contributed by atoms with Crippen LogP contribution < -0.4 is 0 Å². The summed E-state index contributed by atoms with van der Waals surface area (Å²) >= 11 is 0. The van der Waals surface area contributed by atoms with Gasteiger partial charge in [-0.05, 0) is 41.9 Å². The second kappa shape index (κ2) is 10.3. The van der Waals surface area contributed by atoms with Gasteiger partial charge in [-0.1, -0.05) is 90.1 Å². The average molecular weight is 601 g/mol. The zero-order valence-corrected chi connectivity index (χ0v) is 26.1. The van der Waals surface area contributed by atoms with Crippen molar-refractivity contribution in [2.75, 3.05) is 0 Å². The van der Waals surface area contributed by atoms with Crippen LogP contribution >= 0.6 is 0 Å². The minimum Gasteiger partial charge on any atom is -0.508 e. The van der Waals surface area contributed by atoms with Gasteiger partial charge in [0.25, 0.3) is 0 Å². The van der Waals surface area contributed by atoms with E-state index in [1.54, 1.807) is 45.9 Å². The van der Waals surface area contributed by atoms with E-state index in [9.17, 15) is 39.9 Å². The zero-order chi connectivity index (χ0) is 32.7. The van der Waals surface area contributed by atoms with Crippen LogP contribution in [0.15, 0.2) is 53.3 Å². The lowest BCUT2D eigenvalue weighted by molar-refractivity contribution is -0.215. The van der Waals surface area contributed by atoms with Gasteiger partial charge in [0.2, 0.25) is 5.78 Å². The van der Waals surface area contributed by atoms with Gasteiger partial charge in [-0.3, -0.25) is 14.4 Å². The molecule has 8 nitrogen and oxygen atoms in total. The Morgan fingerprint density at radius 3 is 2.16 bits per heavy atom. The molecule has 2 aromatic rings. The molecule has 5 rings (SSSR count). The molecule has 0 radical (unpaired) electrons. The monoisotopic (exact) mass is 600 g/mol. The smallest absolute Gasteiger partial charge is 0.203 e. The minimum atomic E-state index is -2.91. The number of phenolic OH excluding ortho intramolecular Hbond substituents is 1. The van der Waals surface area contributed by atoms with Gasteiger partial charge in [0.05, 0.1) is 17.2 Å². The molecular formula is C36H40O8. The van der Waals surface area contributed by atoms with E-state index in [1.807, 2.05) is 30.3 Å². The number of aryl methyl sites for hydroxylation is 1. The highest BCUT2D eigenvalue weighted by Gasteiger charge is 2.77. The highest BCUT2D eigenvalue weighted by molar-refractivity contribution is 6.24. The first-order valence-corrected chi connectivity index (χ1v) is 15.0. The number of hydrogen-bond donors (Lipinski definition) is 5. The molecular weight excluding hydrogens is 560 g/mol. The van der Waals surface area contributed by atoms with E-state index in [-0.39, 0.29) is 16.9 Å². The Kier molecular flexibility index (Phi) is 7.34. The quantitative estimate of drug-likeness (QED) is 0.224. The Morgan fingerprint density at radius 1 is 1.00 bits per heavy atom. The lowest BCUT2D eigenvalue weighted by atomic mass is 9.40. The second-order valence-corrected chi connectivity index (χ2v) is 13.2. The van der Waals surface area contributed by atoms with E-state index in [4.69, 9.17) is 0 Å². The molecule has 3 aliphatic rings. The summed E-state index contributed by atoms with van der Waals surface area (Å²) in [6, 6.07) is 11.3. The summed E-state index contributed by atoms with van der Waals surface area (Å²) in [5, 5.41) is 59.1. The number of fused-ring (bicyclic) bond motifs is 3. The van der Waals surface area contributed by atoms with E-state index in [2.05, 4.69) is 6.92 Å². The number of ketones is 3. The molecule has 6 atom stereocenters. The molecule has 232 valence electrons. The number of hydrogen-bond acceptors (Lipinski definition) is 8. The van der Waals surface area contributed by atoms with Gasteiger partial charge in [-0.15, -0.1) is 0 Å². The lowest BCUT2D eigenvalue weighted by Gasteiger charge is -2.63. The molecule has 0 saturated heterocycles. The fraction of sp³-hybridized carbons (Fsp3) is 0.417. The molecule has 1 unspecified atom stereocenters. The van der Waals surface area contributed by atoms with Crippen molar-refractivity contribution in [3.63, 3.8) is 0 Å². The fourth-order valence-corrected chi connectivity index (χ4v) is 8.13. The summed E-state index contributed by atoms with van der Waals surface area (Å²) < 4.78 is 0. The van der Waals surface area contributed by atoms with Gasteiger partial charge in [0.1, 0.15) is 22.8 Å². The Bertz CT molecular complexity index is 1690. The number of allylic oxidation sites excluding steroid dienone is 1. The molecule has 0 bridgehead atoms. The fourth-order valence-electron chi connectivity index (χ4n) is 8.13. The molecule has 0 spiro atoms. The number of benzene rings is 2. The normalized spacial score (nSPS) is 31.8. The largest absolute Gasteiger partial charge is 0.508 e. The Hall–Kier alpha value is -4.01. The van der Waals surface area contributed by atoms with E-state index < -0.39 is 74.7 Å². The molecule has 0 amide bonds. The topological polar surface area (TPSA) is 152 Å². The number of Topliss-reactive ketones (excluding diaryl/α,β-unsaturated/α-hetero) is 3. The van der Waals surface area contributed by atoms with E-state index in [0.717, 1.165) is 18.9 Å². The van der Waals surface area contributed by atoms with Crippen molar-refractivity contribution in [2.24, 2.45) is 22.7 Å². The summed E-state index contributed by atoms with van der Waals surface area (Å²) in [5.41, 5.74) is -4.64. The molecule has 5 N–H and O–H groups in total. The maximum absolute atomic E-state index is 14.6. The van der Waals surface area contributed by atoms with Crippen LogP contribution in [0.3, 0.4) is 0 Å². The zero-order valence-electron chi connectivity index (χ0n) is 26.1. The summed E-state index contributed by atoms with van der Waals surface area (Å²) in [4.78, 5) is 40.8. The van der Waals surface area contributed by atoms with Crippen molar-refractivity contribution in [3.05, 3.63) is 81.1 Å². The standard InChI is InChI=1S/C36H40O8/c1-8-20-9-11-21(12-10-20)13-14-22-15-16-23-18(4)34(6)27(30(40)25(23)28(22)38)32(42)36(44)31(41)24(19(5)37)29(39)26(17(2)3)35(36,7)33(34)43/h9-18,26,33,38,40-41,43-44H,8H2,1-7H3/b14-13+/t18-,26?,33-,34+,35+,36+/m1/s1. The van der Waals surface area contributed by atoms with Crippen molar-refractivity contribution < 1.29 is 39.9 Å². The highest BCUT2D eigenvalue weighted by Crippen LogP contribution is 2.67. The molecule has 3 aliphatic carbocycles. The van der Waals surface area contributed by atoms with Crippen LogP contribution in [-0.4, -0.2) is 54.6 Å². The number of carbonyl (C=O) groups is 3. The molecule has 0 aliphatic heterocycles. The molecule has 8 heteroatoms. The van der Waals surface area contributed by atoms with Gasteiger partial charge in [0, 0.05) is 22.3 Å². The number of aromatic hydroxyl groups is 1. The summed E-state index contributed by atoms with van der Waals surface area (Å²) in [6.45, 7) is 11.2. The Balaban J connectivity index is 1.75. The summed E-state index contributed by atoms with van der Waals surface area (Å²) in [6.07, 6.45) is 2.74. The average Bonchev–Trinajstić information content (AvgIpc) is 2.96. The highest BCUT2D eigenvalue weighted by atomic mass is 16.4. The van der Waals surface area contributed by atoms with Crippen molar-refractivity contribution >= 4 is 35.3 Å². The van der Waals surface area contributed by atoms with Crippen LogP contribution in [0.5, 0.6) is 5.75 Å². The first-order valence-electron chi connectivity index (χ1n) is 15.0. The number of phenols is 1. The minimum absolute atomic E-state index is 0.0243. The van der Waals surface area contributed by atoms with Crippen LogP contribution in [0.4, 0.5) is 0 Å². The number of carbonyl (C=O) groups excluding carboxylic acids is 3. The van der Waals surface area contributed by atoms with Gasteiger partial charge in [-0.25, -0.2) is 0 Å². The van der Waals surface area contributed by atoms with Crippen LogP contribution in [-0.2, 0) is 20.8 Å². The number of aliphatic hydroxyl groups excluding tert-OH is 3. The predicted octanol–water partition coefficient (Wildman–Crippen LogP) is 5.45. The Morgan fingerprint density at radius 2 is 1.61 bits per heavy atom. The molecule has 2 aromatic carbocycles. The van der Waals surface area contributed by atoms with Gasteiger partial charge in [-0.2, -0.15) is 0 Å². The molecule has 0 aromatic heterocycles. The number of aliphatic hydroxyl groups is 4. The SMILES string of the molecule is CCc1ccc(/C=C/c2ccc3c(c2O)C(O)=C2C(=O)[C@@]4(O)C(O)=C(C(C)=O)C(=O)C(C(C)C)[C@@]4(C)[C@H](O)[C@@]2(C)[C@@H]3C)cc1. The van der Waals surface area contributed by atoms with Gasteiger partial charge in [0.15, 0.2) is 17.2 Å². The third kappa shape index (κ3) is 3.80. The maximum Gasteiger partial charge on any atom is 0.203 e. The molecule has 1 fully saturated rings. The third-order valence-corrected chi connectivity index (χ3v) is 10.7. The summed E-state index contributed by atoms with van der Waals surface area (Å²) in [5.74, 6) is -7.25. The predicted molar refractivity (Wildman–Crippen MR) is 167 cm³/mol. The molecule has 44 heavy (non-hydrogen) atoms. The summed E-state index contributed by atoms with van der Waals surface area (Å²) in [7, 11) is 0. The van der Waals surface area contributed by atoms with Crippen LogP contribution in [0.2, 0.25) is 0 Å². The van der Waals surface area contributed by atoms with E-state index in [0.29, 0.717) is 11.1 Å². The molecule has 0 heterocycles. The van der Waals surface area contributed by atoms with Gasteiger partial charge >= 0.3 is 0 Å². The van der Waals surface area contributed by atoms with Crippen LogP contribution in [0.1, 0.15) is 82.2 Å². The van der Waals surface area contributed by atoms with Crippen LogP contribution in [0, 0.1) is 22.7 Å². The van der Waals surface area contributed by atoms with Crippen molar-refractivity contribution in [1.82, 2.24) is 0 Å². The van der Waals surface area contributed by atoms with E-state index >= 15 is 0 Å². The molecule has 1 saturated carbocycles. The second-order valence-electron chi connectivity index (χ2n) is 13.2. The Labute approximate surface area is 257 Å². The van der Waals surface area contributed by atoms with Crippen molar-refractivity contribution in [1.29, 1.82) is 0 Å². The van der Waals surface area contributed by atoms with Crippen LogP contribution in [0.25, 0.3) is 17.9 Å². The first kappa shape index (κ1) is 31.4. The van der Waals surface area contributed by atoms with E-state index in [1.165, 1.54) is 12.5 Å². The lowest BCUT2D eigenvalue weighted by Crippen LogP contribution is -2.75. The van der Waals surface area contributed by atoms with Gasteiger partial charge < -0.3 is 25.5 Å². The maximum atomic E-state index is 14.6. The first-order chi connectivity index (χ1) is 20.5. The number of rotatable bonds is 5.